The normalized spacial score (nSPS) is 18.3. The van der Waals surface area contributed by atoms with Gasteiger partial charge in [-0.25, -0.2) is 0 Å². The van der Waals surface area contributed by atoms with Gasteiger partial charge in [-0.05, 0) is 64.3 Å². The van der Waals surface area contributed by atoms with E-state index < -0.39 is 0 Å². The van der Waals surface area contributed by atoms with Crippen molar-refractivity contribution in [2.24, 2.45) is 0 Å². The summed E-state index contributed by atoms with van der Waals surface area (Å²) < 4.78 is 2.15. The maximum absolute atomic E-state index is 13.3. The van der Waals surface area contributed by atoms with E-state index in [1.165, 1.54) is 5.56 Å². The minimum atomic E-state index is -0.144. The lowest BCUT2D eigenvalue weighted by Gasteiger charge is -2.37. The third kappa shape index (κ3) is 4.15. The number of aromatic nitrogens is 1. The number of carbonyl (C=O) groups is 2. The number of amides is 2. The summed E-state index contributed by atoms with van der Waals surface area (Å²) in [6, 6.07) is 10.6. The Morgan fingerprint density at radius 1 is 1.03 bits per heavy atom. The molecule has 4 rings (SSSR count). The first-order chi connectivity index (χ1) is 14.3. The Hall–Kier alpha value is -2.60. The van der Waals surface area contributed by atoms with Crippen molar-refractivity contribution in [2.75, 3.05) is 26.2 Å². The Kier molecular flexibility index (Phi) is 5.69. The first kappa shape index (κ1) is 20.7. The number of piperazine rings is 1. The van der Waals surface area contributed by atoms with Gasteiger partial charge in [-0.3, -0.25) is 14.5 Å². The van der Waals surface area contributed by atoms with Gasteiger partial charge in [-0.15, -0.1) is 0 Å². The van der Waals surface area contributed by atoms with Gasteiger partial charge in [0.15, 0.2) is 0 Å². The highest BCUT2D eigenvalue weighted by Crippen LogP contribution is 2.24. The Morgan fingerprint density at radius 3 is 2.37 bits per heavy atom. The molecule has 1 unspecified atom stereocenters. The molecule has 2 amide bonds. The quantitative estimate of drug-likeness (QED) is 0.828. The molecule has 1 saturated heterocycles. The van der Waals surface area contributed by atoms with E-state index in [0.29, 0.717) is 19.1 Å². The van der Waals surface area contributed by atoms with Crippen LogP contribution in [0.4, 0.5) is 0 Å². The molecule has 160 valence electrons. The highest BCUT2D eigenvalue weighted by molar-refractivity contribution is 5.96. The molecule has 0 bridgehead atoms. The second-order valence-electron chi connectivity index (χ2n) is 8.75. The summed E-state index contributed by atoms with van der Waals surface area (Å²) in [5, 5.41) is 3.08. The average Bonchev–Trinajstić information content (AvgIpc) is 3.49. The van der Waals surface area contributed by atoms with Gasteiger partial charge in [-0.2, -0.15) is 0 Å². The SMILES string of the molecule is Cc1cccc(-n2c(C)cc(C(=O)N3CCN(C(C)C(=O)NC4CC4)CC3)c2C)c1. The molecular weight excluding hydrogens is 376 g/mol. The van der Waals surface area contributed by atoms with Gasteiger partial charge < -0.3 is 14.8 Å². The van der Waals surface area contributed by atoms with E-state index in [0.717, 1.165) is 48.6 Å². The first-order valence-corrected chi connectivity index (χ1v) is 10.9. The molecule has 0 radical (unpaired) electrons. The van der Waals surface area contributed by atoms with Crippen LogP contribution in [0.3, 0.4) is 0 Å². The lowest BCUT2D eigenvalue weighted by molar-refractivity contribution is -0.126. The lowest BCUT2D eigenvalue weighted by Crippen LogP contribution is -2.55. The van der Waals surface area contributed by atoms with Crippen LogP contribution >= 0.6 is 0 Å². The summed E-state index contributed by atoms with van der Waals surface area (Å²) in [6.07, 6.45) is 2.20. The molecule has 1 aliphatic heterocycles. The third-order valence-electron chi connectivity index (χ3n) is 6.37. The fraction of sp³-hybridized carbons (Fsp3) is 0.500. The van der Waals surface area contributed by atoms with Crippen LogP contribution in [0.15, 0.2) is 30.3 Å². The van der Waals surface area contributed by atoms with Crippen LogP contribution in [-0.4, -0.2) is 64.4 Å². The molecule has 2 aromatic rings. The van der Waals surface area contributed by atoms with E-state index in [1.54, 1.807) is 0 Å². The minimum absolute atomic E-state index is 0.0803. The standard InChI is InChI=1S/C24H32N4O2/c1-16-6-5-7-21(14-16)28-17(2)15-22(18(28)3)24(30)27-12-10-26(11-13-27)19(4)23(29)25-20-8-9-20/h5-7,14-15,19-20H,8-13H2,1-4H3,(H,25,29). The number of nitrogens with one attached hydrogen (secondary N) is 1. The van der Waals surface area contributed by atoms with E-state index in [2.05, 4.69) is 39.9 Å². The zero-order valence-electron chi connectivity index (χ0n) is 18.4. The van der Waals surface area contributed by atoms with Crippen LogP contribution in [-0.2, 0) is 4.79 Å². The number of hydrogen-bond acceptors (Lipinski definition) is 3. The zero-order valence-corrected chi connectivity index (χ0v) is 18.4. The molecule has 0 spiro atoms. The molecule has 1 atom stereocenters. The number of nitrogens with zero attached hydrogens (tertiary/aromatic N) is 3. The van der Waals surface area contributed by atoms with Gasteiger partial charge in [0.25, 0.3) is 5.91 Å². The molecular formula is C24H32N4O2. The van der Waals surface area contributed by atoms with Crippen molar-refractivity contribution in [1.82, 2.24) is 19.7 Å². The molecule has 1 N–H and O–H groups in total. The number of carbonyl (C=O) groups excluding carboxylic acids is 2. The molecule has 6 heteroatoms. The minimum Gasteiger partial charge on any atom is -0.352 e. The van der Waals surface area contributed by atoms with Crippen molar-refractivity contribution < 1.29 is 9.59 Å². The maximum Gasteiger partial charge on any atom is 0.255 e. The Bertz CT molecular complexity index is 952. The average molecular weight is 409 g/mol. The predicted octanol–water partition coefficient (Wildman–Crippen LogP) is 2.83. The van der Waals surface area contributed by atoms with E-state index in [-0.39, 0.29) is 17.9 Å². The molecule has 2 heterocycles. The van der Waals surface area contributed by atoms with Gasteiger partial charge in [0.1, 0.15) is 0 Å². The summed E-state index contributed by atoms with van der Waals surface area (Å²) >= 11 is 0. The van der Waals surface area contributed by atoms with Gasteiger partial charge in [-0.1, -0.05) is 12.1 Å². The topological polar surface area (TPSA) is 57.6 Å². The van der Waals surface area contributed by atoms with Crippen LogP contribution in [0, 0.1) is 20.8 Å². The number of aryl methyl sites for hydroxylation is 2. The maximum atomic E-state index is 13.3. The first-order valence-electron chi connectivity index (χ1n) is 10.9. The number of rotatable bonds is 5. The third-order valence-corrected chi connectivity index (χ3v) is 6.37. The molecule has 1 aromatic heterocycles. The zero-order chi connectivity index (χ0) is 21.4. The molecule has 30 heavy (non-hydrogen) atoms. The highest BCUT2D eigenvalue weighted by atomic mass is 16.2. The van der Waals surface area contributed by atoms with E-state index in [4.69, 9.17) is 0 Å². The summed E-state index contributed by atoms with van der Waals surface area (Å²) in [5.41, 5.74) is 5.09. The van der Waals surface area contributed by atoms with Crippen molar-refractivity contribution in [3.8, 4) is 5.69 Å². The van der Waals surface area contributed by atoms with Crippen LogP contribution < -0.4 is 5.32 Å². The van der Waals surface area contributed by atoms with Crippen molar-refractivity contribution in [3.05, 3.63) is 52.8 Å². The summed E-state index contributed by atoms with van der Waals surface area (Å²) in [5.74, 6) is 0.190. The summed E-state index contributed by atoms with van der Waals surface area (Å²) in [6.45, 7) is 10.8. The molecule has 2 fully saturated rings. The number of benzene rings is 1. The Morgan fingerprint density at radius 2 is 1.73 bits per heavy atom. The van der Waals surface area contributed by atoms with Crippen LogP contribution in [0.25, 0.3) is 5.69 Å². The smallest absolute Gasteiger partial charge is 0.255 e. The van der Waals surface area contributed by atoms with Crippen molar-refractivity contribution in [1.29, 1.82) is 0 Å². The Balaban J connectivity index is 1.43. The van der Waals surface area contributed by atoms with Gasteiger partial charge >= 0.3 is 0 Å². The number of hydrogen-bond donors (Lipinski definition) is 1. The van der Waals surface area contributed by atoms with Gasteiger partial charge in [0.05, 0.1) is 11.6 Å². The lowest BCUT2D eigenvalue weighted by atomic mass is 10.1. The van der Waals surface area contributed by atoms with Crippen molar-refractivity contribution in [2.45, 2.75) is 52.6 Å². The fourth-order valence-electron chi connectivity index (χ4n) is 4.34. The molecule has 1 aromatic carbocycles. The summed E-state index contributed by atoms with van der Waals surface area (Å²) in [4.78, 5) is 29.7. The van der Waals surface area contributed by atoms with E-state index in [1.807, 2.05) is 37.8 Å². The molecule has 6 nitrogen and oxygen atoms in total. The van der Waals surface area contributed by atoms with Crippen LogP contribution in [0.1, 0.15) is 47.1 Å². The Labute approximate surface area is 178 Å². The highest BCUT2D eigenvalue weighted by Gasteiger charge is 2.31. The fourth-order valence-corrected chi connectivity index (χ4v) is 4.34. The monoisotopic (exact) mass is 408 g/mol. The largest absolute Gasteiger partial charge is 0.352 e. The summed E-state index contributed by atoms with van der Waals surface area (Å²) in [7, 11) is 0. The second kappa shape index (κ2) is 8.26. The predicted molar refractivity (Wildman–Crippen MR) is 118 cm³/mol. The van der Waals surface area contributed by atoms with Crippen molar-refractivity contribution >= 4 is 11.8 Å². The van der Waals surface area contributed by atoms with Gasteiger partial charge in [0, 0.05) is 49.3 Å². The van der Waals surface area contributed by atoms with Crippen LogP contribution in [0.5, 0.6) is 0 Å². The van der Waals surface area contributed by atoms with E-state index >= 15 is 0 Å². The molecule has 2 aliphatic rings. The van der Waals surface area contributed by atoms with Crippen molar-refractivity contribution in [3.63, 3.8) is 0 Å². The molecule has 1 aliphatic carbocycles. The van der Waals surface area contributed by atoms with Crippen LogP contribution in [0.2, 0.25) is 0 Å². The van der Waals surface area contributed by atoms with Gasteiger partial charge in [0.2, 0.25) is 5.91 Å². The molecule has 1 saturated carbocycles. The van der Waals surface area contributed by atoms with E-state index in [9.17, 15) is 9.59 Å². The second-order valence-corrected chi connectivity index (χ2v) is 8.75.